The molecule has 2 unspecified atom stereocenters. The van der Waals surface area contributed by atoms with Crippen LogP contribution in [-0.2, 0) is 18.2 Å². The third kappa shape index (κ3) is 3.40. The SMILES string of the molecule is CCc1nn(C)cc1C(CN)N(CC)CC1CCCO1. The third-order valence-corrected chi connectivity index (χ3v) is 4.16. The number of hydrogen-bond acceptors (Lipinski definition) is 4. The Bertz CT molecular complexity index is 412. The van der Waals surface area contributed by atoms with E-state index in [2.05, 4.69) is 30.0 Å². The summed E-state index contributed by atoms with van der Waals surface area (Å²) in [6, 6.07) is 0.243. The van der Waals surface area contributed by atoms with Crippen LogP contribution < -0.4 is 5.73 Å². The lowest BCUT2D eigenvalue weighted by Crippen LogP contribution is -2.39. The normalized spacial score (nSPS) is 20.8. The summed E-state index contributed by atoms with van der Waals surface area (Å²) in [6.07, 6.45) is 5.79. The second kappa shape index (κ2) is 7.20. The van der Waals surface area contributed by atoms with Crippen molar-refractivity contribution in [3.8, 4) is 0 Å². The summed E-state index contributed by atoms with van der Waals surface area (Å²) in [5.41, 5.74) is 8.51. The molecule has 0 aliphatic carbocycles. The summed E-state index contributed by atoms with van der Waals surface area (Å²) < 4.78 is 7.67. The summed E-state index contributed by atoms with van der Waals surface area (Å²) in [5.74, 6) is 0. The van der Waals surface area contributed by atoms with Crippen molar-refractivity contribution in [3.63, 3.8) is 0 Å². The first-order valence-electron chi connectivity index (χ1n) is 7.77. The smallest absolute Gasteiger partial charge is 0.0703 e. The van der Waals surface area contributed by atoms with E-state index in [0.29, 0.717) is 12.6 Å². The van der Waals surface area contributed by atoms with Crippen molar-refractivity contribution < 1.29 is 4.74 Å². The second-order valence-corrected chi connectivity index (χ2v) is 5.53. The zero-order valence-electron chi connectivity index (χ0n) is 13.0. The van der Waals surface area contributed by atoms with Crippen LogP contribution in [0.15, 0.2) is 6.20 Å². The third-order valence-electron chi connectivity index (χ3n) is 4.16. The zero-order valence-corrected chi connectivity index (χ0v) is 13.0. The number of aromatic nitrogens is 2. The average Bonchev–Trinajstić information content (AvgIpc) is 3.08. The van der Waals surface area contributed by atoms with E-state index in [4.69, 9.17) is 10.5 Å². The predicted molar refractivity (Wildman–Crippen MR) is 80.6 cm³/mol. The molecule has 114 valence electrons. The van der Waals surface area contributed by atoms with Gasteiger partial charge in [-0.15, -0.1) is 0 Å². The van der Waals surface area contributed by atoms with Crippen LogP contribution in [0.1, 0.15) is 44.0 Å². The van der Waals surface area contributed by atoms with E-state index in [0.717, 1.165) is 31.8 Å². The molecule has 0 spiro atoms. The van der Waals surface area contributed by atoms with Crippen molar-refractivity contribution in [2.45, 2.75) is 45.3 Å². The minimum Gasteiger partial charge on any atom is -0.377 e. The summed E-state index contributed by atoms with van der Waals surface area (Å²) >= 11 is 0. The molecule has 1 aromatic heterocycles. The second-order valence-electron chi connectivity index (χ2n) is 5.53. The van der Waals surface area contributed by atoms with Gasteiger partial charge < -0.3 is 10.5 Å². The Hall–Kier alpha value is -0.910. The highest BCUT2D eigenvalue weighted by molar-refractivity contribution is 5.22. The molecular weight excluding hydrogens is 252 g/mol. The molecule has 0 bridgehead atoms. The van der Waals surface area contributed by atoms with Gasteiger partial charge in [-0.3, -0.25) is 9.58 Å². The molecule has 20 heavy (non-hydrogen) atoms. The molecule has 2 rings (SSSR count). The predicted octanol–water partition coefficient (Wildman–Crippen LogP) is 1.48. The fourth-order valence-corrected chi connectivity index (χ4v) is 3.11. The van der Waals surface area contributed by atoms with Crippen LogP contribution in [0.25, 0.3) is 0 Å². The van der Waals surface area contributed by atoms with Crippen LogP contribution in [0.5, 0.6) is 0 Å². The molecule has 1 aromatic rings. The first-order valence-corrected chi connectivity index (χ1v) is 7.77. The molecule has 0 amide bonds. The molecule has 2 atom stereocenters. The molecule has 0 radical (unpaired) electrons. The molecule has 5 nitrogen and oxygen atoms in total. The molecule has 0 saturated carbocycles. The largest absolute Gasteiger partial charge is 0.377 e. The van der Waals surface area contributed by atoms with Gasteiger partial charge in [-0.1, -0.05) is 13.8 Å². The average molecular weight is 280 g/mol. The van der Waals surface area contributed by atoms with Gasteiger partial charge in [-0.2, -0.15) is 5.10 Å². The maximum absolute atomic E-state index is 6.07. The Labute approximate surface area is 122 Å². The molecule has 1 aliphatic heterocycles. The minimum absolute atomic E-state index is 0.243. The molecule has 1 fully saturated rings. The fourth-order valence-electron chi connectivity index (χ4n) is 3.11. The fraction of sp³-hybridized carbons (Fsp3) is 0.800. The number of likely N-dealkylation sites (N-methyl/N-ethyl adjacent to an activating group) is 1. The molecule has 2 N–H and O–H groups in total. The number of nitrogens with two attached hydrogens (primary N) is 1. The molecule has 0 aromatic carbocycles. The number of nitrogens with zero attached hydrogens (tertiary/aromatic N) is 3. The summed E-state index contributed by atoms with van der Waals surface area (Å²) in [6.45, 7) is 7.83. The quantitative estimate of drug-likeness (QED) is 0.822. The van der Waals surface area contributed by atoms with Gasteiger partial charge in [-0.25, -0.2) is 0 Å². The standard InChI is InChI=1S/C15H28N4O/c1-4-14-13(11-18(3)17-14)15(9-16)19(5-2)10-12-7-6-8-20-12/h11-12,15H,4-10,16H2,1-3H3. The Morgan fingerprint density at radius 3 is 2.90 bits per heavy atom. The van der Waals surface area contributed by atoms with Gasteiger partial charge in [0.1, 0.15) is 0 Å². The van der Waals surface area contributed by atoms with Crippen LogP contribution in [0.3, 0.4) is 0 Å². The maximum atomic E-state index is 6.07. The lowest BCUT2D eigenvalue weighted by atomic mass is 10.0. The number of aryl methyl sites for hydroxylation is 2. The topological polar surface area (TPSA) is 56.3 Å². The van der Waals surface area contributed by atoms with Crippen molar-refractivity contribution >= 4 is 0 Å². The Balaban J connectivity index is 2.14. The first kappa shape index (κ1) is 15.5. The highest BCUT2D eigenvalue weighted by Gasteiger charge is 2.26. The lowest BCUT2D eigenvalue weighted by molar-refractivity contribution is 0.0600. The molecule has 2 heterocycles. The van der Waals surface area contributed by atoms with Gasteiger partial charge in [-0.05, 0) is 25.8 Å². The van der Waals surface area contributed by atoms with Gasteiger partial charge in [0, 0.05) is 38.5 Å². The number of ether oxygens (including phenoxy) is 1. The van der Waals surface area contributed by atoms with E-state index in [1.165, 1.54) is 18.4 Å². The van der Waals surface area contributed by atoms with Crippen molar-refractivity contribution in [1.29, 1.82) is 0 Å². The zero-order chi connectivity index (χ0) is 14.5. The molecular formula is C15H28N4O. The van der Waals surface area contributed by atoms with Gasteiger partial charge in [0.05, 0.1) is 17.8 Å². The van der Waals surface area contributed by atoms with Crippen molar-refractivity contribution in [1.82, 2.24) is 14.7 Å². The summed E-state index contributed by atoms with van der Waals surface area (Å²) in [7, 11) is 1.98. The van der Waals surface area contributed by atoms with Crippen LogP contribution in [0.2, 0.25) is 0 Å². The van der Waals surface area contributed by atoms with E-state index in [1.807, 2.05) is 11.7 Å². The van der Waals surface area contributed by atoms with Gasteiger partial charge in [0.25, 0.3) is 0 Å². The van der Waals surface area contributed by atoms with Crippen molar-refractivity contribution in [2.24, 2.45) is 12.8 Å². The number of rotatable bonds is 7. The Morgan fingerprint density at radius 2 is 2.35 bits per heavy atom. The van der Waals surface area contributed by atoms with E-state index < -0.39 is 0 Å². The van der Waals surface area contributed by atoms with Crippen molar-refractivity contribution in [3.05, 3.63) is 17.5 Å². The number of hydrogen-bond donors (Lipinski definition) is 1. The molecule has 1 aliphatic rings. The lowest BCUT2D eigenvalue weighted by Gasteiger charge is -2.31. The summed E-state index contributed by atoms with van der Waals surface area (Å²) in [5, 5.41) is 4.55. The Morgan fingerprint density at radius 1 is 1.55 bits per heavy atom. The van der Waals surface area contributed by atoms with E-state index in [9.17, 15) is 0 Å². The Kier molecular flexibility index (Phi) is 5.57. The van der Waals surface area contributed by atoms with Gasteiger partial charge in [0.15, 0.2) is 0 Å². The molecule has 5 heteroatoms. The highest BCUT2D eigenvalue weighted by Crippen LogP contribution is 2.25. The monoisotopic (exact) mass is 280 g/mol. The van der Waals surface area contributed by atoms with Crippen LogP contribution >= 0.6 is 0 Å². The van der Waals surface area contributed by atoms with E-state index in [1.54, 1.807) is 0 Å². The first-order chi connectivity index (χ1) is 9.69. The highest BCUT2D eigenvalue weighted by atomic mass is 16.5. The van der Waals surface area contributed by atoms with Crippen LogP contribution in [0.4, 0.5) is 0 Å². The molecule has 1 saturated heterocycles. The van der Waals surface area contributed by atoms with Crippen molar-refractivity contribution in [2.75, 3.05) is 26.2 Å². The van der Waals surface area contributed by atoms with E-state index >= 15 is 0 Å². The van der Waals surface area contributed by atoms with Gasteiger partial charge in [0.2, 0.25) is 0 Å². The van der Waals surface area contributed by atoms with Crippen LogP contribution in [0, 0.1) is 0 Å². The maximum Gasteiger partial charge on any atom is 0.0703 e. The van der Waals surface area contributed by atoms with E-state index in [-0.39, 0.29) is 6.04 Å². The summed E-state index contributed by atoms with van der Waals surface area (Å²) in [4.78, 5) is 2.44. The van der Waals surface area contributed by atoms with Gasteiger partial charge >= 0.3 is 0 Å². The van der Waals surface area contributed by atoms with Crippen LogP contribution in [-0.4, -0.2) is 47.0 Å². The minimum atomic E-state index is 0.243.